The van der Waals surface area contributed by atoms with E-state index in [4.69, 9.17) is 5.73 Å². The number of allylic oxidation sites excluding steroid dienone is 3. The van der Waals surface area contributed by atoms with Gasteiger partial charge in [0, 0.05) is 0 Å². The third-order valence-corrected chi connectivity index (χ3v) is 1.89. The van der Waals surface area contributed by atoms with Gasteiger partial charge >= 0.3 is 5.97 Å². The SMILES string of the molecule is COC(=O)C(N)=C1C=CCCC1. The van der Waals surface area contributed by atoms with Crippen molar-refractivity contribution in [3.05, 3.63) is 23.4 Å². The second kappa shape index (κ2) is 3.95. The van der Waals surface area contributed by atoms with Crippen LogP contribution in [0.2, 0.25) is 0 Å². The van der Waals surface area contributed by atoms with Gasteiger partial charge in [-0.2, -0.15) is 0 Å². The van der Waals surface area contributed by atoms with Gasteiger partial charge in [-0.1, -0.05) is 12.2 Å². The van der Waals surface area contributed by atoms with Crippen molar-refractivity contribution in [1.29, 1.82) is 0 Å². The van der Waals surface area contributed by atoms with Gasteiger partial charge in [-0.05, 0) is 24.8 Å². The van der Waals surface area contributed by atoms with Crippen LogP contribution in [0.5, 0.6) is 0 Å². The van der Waals surface area contributed by atoms with Crippen LogP contribution in [0.1, 0.15) is 19.3 Å². The zero-order valence-electron chi connectivity index (χ0n) is 7.17. The Balaban J connectivity index is 2.80. The number of nitrogens with two attached hydrogens (primary N) is 1. The van der Waals surface area contributed by atoms with Gasteiger partial charge in [-0.15, -0.1) is 0 Å². The molecular weight excluding hydrogens is 154 g/mol. The van der Waals surface area contributed by atoms with E-state index in [1.165, 1.54) is 7.11 Å². The van der Waals surface area contributed by atoms with Gasteiger partial charge < -0.3 is 10.5 Å². The van der Waals surface area contributed by atoms with E-state index >= 15 is 0 Å². The minimum absolute atomic E-state index is 0.244. The van der Waals surface area contributed by atoms with E-state index in [1.807, 2.05) is 12.2 Å². The highest BCUT2D eigenvalue weighted by Crippen LogP contribution is 2.17. The summed E-state index contributed by atoms with van der Waals surface area (Å²) in [6.07, 6.45) is 6.92. The van der Waals surface area contributed by atoms with Crippen LogP contribution in [-0.2, 0) is 9.53 Å². The van der Waals surface area contributed by atoms with Crippen molar-refractivity contribution in [3.8, 4) is 0 Å². The number of carbonyl (C=O) groups is 1. The molecular formula is C9H13NO2. The van der Waals surface area contributed by atoms with Crippen LogP contribution in [0.3, 0.4) is 0 Å². The molecule has 0 aromatic carbocycles. The van der Waals surface area contributed by atoms with Gasteiger partial charge in [0.05, 0.1) is 7.11 Å². The summed E-state index contributed by atoms with van der Waals surface area (Å²) >= 11 is 0. The van der Waals surface area contributed by atoms with E-state index < -0.39 is 5.97 Å². The summed E-state index contributed by atoms with van der Waals surface area (Å²) in [7, 11) is 1.34. The Bertz CT molecular complexity index is 241. The fourth-order valence-electron chi connectivity index (χ4n) is 1.18. The first-order valence-corrected chi connectivity index (χ1v) is 3.99. The van der Waals surface area contributed by atoms with Gasteiger partial charge in [0.1, 0.15) is 5.70 Å². The number of methoxy groups -OCH3 is 1. The first-order chi connectivity index (χ1) is 5.75. The molecule has 66 valence electrons. The predicted molar refractivity (Wildman–Crippen MR) is 46.2 cm³/mol. The molecule has 1 aliphatic carbocycles. The van der Waals surface area contributed by atoms with Gasteiger partial charge in [0.15, 0.2) is 0 Å². The smallest absolute Gasteiger partial charge is 0.354 e. The van der Waals surface area contributed by atoms with E-state index in [9.17, 15) is 4.79 Å². The number of ether oxygens (including phenoxy) is 1. The molecule has 0 spiro atoms. The number of rotatable bonds is 1. The molecule has 0 bridgehead atoms. The summed E-state index contributed by atoms with van der Waals surface area (Å²) in [5.41, 5.74) is 6.70. The molecule has 0 fully saturated rings. The van der Waals surface area contributed by atoms with Crippen LogP contribution >= 0.6 is 0 Å². The maximum Gasteiger partial charge on any atom is 0.354 e. The molecule has 0 heterocycles. The molecule has 0 aromatic rings. The third-order valence-electron chi connectivity index (χ3n) is 1.89. The summed E-state index contributed by atoms with van der Waals surface area (Å²) in [4.78, 5) is 11.0. The van der Waals surface area contributed by atoms with Gasteiger partial charge in [0.25, 0.3) is 0 Å². The molecule has 0 saturated heterocycles. The summed E-state index contributed by atoms with van der Waals surface area (Å²) in [5, 5.41) is 0. The summed E-state index contributed by atoms with van der Waals surface area (Å²) in [6.45, 7) is 0. The maximum atomic E-state index is 11.0. The van der Waals surface area contributed by atoms with Crippen molar-refractivity contribution in [1.82, 2.24) is 0 Å². The van der Waals surface area contributed by atoms with Crippen LogP contribution in [0, 0.1) is 0 Å². The quantitative estimate of drug-likeness (QED) is 0.470. The Morgan fingerprint density at radius 3 is 2.92 bits per heavy atom. The van der Waals surface area contributed by atoms with Crippen molar-refractivity contribution in [3.63, 3.8) is 0 Å². The normalized spacial score (nSPS) is 20.4. The highest BCUT2D eigenvalue weighted by molar-refractivity contribution is 5.88. The van der Waals surface area contributed by atoms with Crippen molar-refractivity contribution < 1.29 is 9.53 Å². The van der Waals surface area contributed by atoms with E-state index in [0.29, 0.717) is 0 Å². The highest BCUT2D eigenvalue weighted by Gasteiger charge is 2.11. The molecule has 0 saturated carbocycles. The minimum Gasteiger partial charge on any atom is -0.464 e. The zero-order chi connectivity index (χ0) is 8.97. The molecule has 3 nitrogen and oxygen atoms in total. The Morgan fingerprint density at radius 2 is 2.42 bits per heavy atom. The second-order valence-electron chi connectivity index (χ2n) is 2.73. The Morgan fingerprint density at radius 1 is 1.67 bits per heavy atom. The lowest BCUT2D eigenvalue weighted by Gasteiger charge is -2.09. The largest absolute Gasteiger partial charge is 0.464 e. The zero-order valence-corrected chi connectivity index (χ0v) is 7.17. The average Bonchev–Trinajstić information content (AvgIpc) is 2.17. The molecule has 3 heteroatoms. The third kappa shape index (κ3) is 1.87. The molecule has 1 rings (SSSR count). The Labute approximate surface area is 71.9 Å². The minimum atomic E-state index is -0.434. The summed E-state index contributed by atoms with van der Waals surface area (Å²) < 4.78 is 4.51. The van der Waals surface area contributed by atoms with Gasteiger partial charge in [-0.3, -0.25) is 0 Å². The van der Waals surface area contributed by atoms with E-state index in [-0.39, 0.29) is 5.70 Å². The molecule has 0 amide bonds. The van der Waals surface area contributed by atoms with E-state index in [2.05, 4.69) is 4.74 Å². The highest BCUT2D eigenvalue weighted by atomic mass is 16.5. The van der Waals surface area contributed by atoms with Crippen molar-refractivity contribution in [2.45, 2.75) is 19.3 Å². The Hall–Kier alpha value is -1.25. The van der Waals surface area contributed by atoms with Crippen molar-refractivity contribution >= 4 is 5.97 Å². The lowest BCUT2D eigenvalue weighted by molar-refractivity contribution is -0.136. The van der Waals surface area contributed by atoms with Crippen LogP contribution in [0.15, 0.2) is 23.4 Å². The first-order valence-electron chi connectivity index (χ1n) is 3.99. The fraction of sp³-hybridized carbons (Fsp3) is 0.444. The molecule has 0 unspecified atom stereocenters. The van der Waals surface area contributed by atoms with Crippen molar-refractivity contribution in [2.75, 3.05) is 7.11 Å². The van der Waals surface area contributed by atoms with E-state index in [0.717, 1.165) is 24.8 Å². The maximum absolute atomic E-state index is 11.0. The molecule has 0 atom stereocenters. The summed E-state index contributed by atoms with van der Waals surface area (Å²) in [5.74, 6) is -0.434. The average molecular weight is 167 g/mol. The standard InChI is InChI=1S/C9H13NO2/c1-12-9(11)8(10)7-5-3-2-4-6-7/h3,5H,2,4,6,10H2,1H3. The van der Waals surface area contributed by atoms with Gasteiger partial charge in [-0.25, -0.2) is 4.79 Å². The van der Waals surface area contributed by atoms with Crippen LogP contribution in [0.25, 0.3) is 0 Å². The predicted octanol–water partition coefficient (Wildman–Crippen LogP) is 1.11. The number of hydrogen-bond acceptors (Lipinski definition) is 3. The fourth-order valence-corrected chi connectivity index (χ4v) is 1.18. The van der Waals surface area contributed by atoms with Crippen LogP contribution in [0.4, 0.5) is 0 Å². The first kappa shape index (κ1) is 8.84. The van der Waals surface area contributed by atoms with Gasteiger partial charge in [0.2, 0.25) is 0 Å². The van der Waals surface area contributed by atoms with E-state index in [1.54, 1.807) is 0 Å². The molecule has 12 heavy (non-hydrogen) atoms. The molecule has 2 N–H and O–H groups in total. The Kier molecular flexibility index (Phi) is 2.91. The summed E-state index contributed by atoms with van der Waals surface area (Å²) in [6, 6.07) is 0. The van der Waals surface area contributed by atoms with Crippen molar-refractivity contribution in [2.24, 2.45) is 5.73 Å². The number of esters is 1. The van der Waals surface area contributed by atoms with Crippen LogP contribution in [-0.4, -0.2) is 13.1 Å². The molecule has 0 aromatic heterocycles. The lowest BCUT2D eigenvalue weighted by Crippen LogP contribution is -2.15. The molecule has 1 aliphatic rings. The second-order valence-corrected chi connectivity index (χ2v) is 2.73. The lowest BCUT2D eigenvalue weighted by atomic mass is 10.0. The molecule has 0 radical (unpaired) electrons. The van der Waals surface area contributed by atoms with Crippen LogP contribution < -0.4 is 5.73 Å². The monoisotopic (exact) mass is 167 g/mol. The molecule has 0 aliphatic heterocycles. The number of hydrogen-bond donors (Lipinski definition) is 1. The number of carbonyl (C=O) groups excluding carboxylic acids is 1. The topological polar surface area (TPSA) is 52.3 Å².